The van der Waals surface area contributed by atoms with Crippen molar-refractivity contribution >= 4 is 22.8 Å². The van der Waals surface area contributed by atoms with Crippen molar-refractivity contribution in [3.63, 3.8) is 0 Å². The Bertz CT molecular complexity index is 1010. The third-order valence-corrected chi connectivity index (χ3v) is 4.61. The molecular formula is C19H14FN3S. The number of halogens is 1. The minimum absolute atomic E-state index is 0.269. The van der Waals surface area contributed by atoms with Crippen molar-refractivity contribution in [2.24, 2.45) is 0 Å². The molecule has 0 aliphatic heterocycles. The van der Waals surface area contributed by atoms with E-state index in [4.69, 9.17) is 0 Å². The summed E-state index contributed by atoms with van der Waals surface area (Å²) in [6.07, 6.45) is 5.55. The van der Waals surface area contributed by atoms with E-state index in [0.717, 1.165) is 32.9 Å². The number of fused-ring (bicyclic) bond motifs is 1. The number of aromatic nitrogens is 3. The molecule has 5 heteroatoms. The monoisotopic (exact) mass is 335 g/mol. The van der Waals surface area contributed by atoms with Crippen LogP contribution in [-0.4, -0.2) is 20.8 Å². The van der Waals surface area contributed by atoms with Crippen molar-refractivity contribution < 1.29 is 4.39 Å². The lowest BCUT2D eigenvalue weighted by atomic mass is 10.1. The van der Waals surface area contributed by atoms with E-state index < -0.39 is 0 Å². The van der Waals surface area contributed by atoms with E-state index in [1.54, 1.807) is 24.2 Å². The summed E-state index contributed by atoms with van der Waals surface area (Å²) in [6.45, 7) is 0. The van der Waals surface area contributed by atoms with Crippen LogP contribution < -0.4 is 0 Å². The van der Waals surface area contributed by atoms with E-state index in [0.29, 0.717) is 0 Å². The maximum absolute atomic E-state index is 13.7. The first kappa shape index (κ1) is 14.9. The van der Waals surface area contributed by atoms with Crippen LogP contribution in [0.15, 0.2) is 72.1 Å². The van der Waals surface area contributed by atoms with Crippen molar-refractivity contribution in [3.8, 4) is 16.8 Å². The summed E-state index contributed by atoms with van der Waals surface area (Å²) in [5.74, 6) is -0.269. The van der Waals surface area contributed by atoms with Gasteiger partial charge in [0.2, 0.25) is 0 Å². The fourth-order valence-electron chi connectivity index (χ4n) is 2.85. The summed E-state index contributed by atoms with van der Waals surface area (Å²) in [4.78, 5) is 8.86. The fourth-order valence-corrected chi connectivity index (χ4v) is 3.41. The SMILES string of the molecule is CSc1ncnc2c1c(-c1ccccc1)cn2-c1cccc(F)c1. The molecule has 0 saturated carbocycles. The Balaban J connectivity index is 2.06. The molecule has 0 saturated heterocycles. The Hall–Kier alpha value is -2.66. The maximum atomic E-state index is 13.7. The second-order valence-corrected chi connectivity index (χ2v) is 6.14. The number of rotatable bonds is 3. The van der Waals surface area contributed by atoms with Gasteiger partial charge in [0.15, 0.2) is 0 Å². The second-order valence-electron chi connectivity index (χ2n) is 5.34. The molecule has 3 nitrogen and oxygen atoms in total. The highest BCUT2D eigenvalue weighted by molar-refractivity contribution is 7.98. The second kappa shape index (κ2) is 6.09. The van der Waals surface area contributed by atoms with Gasteiger partial charge in [-0.05, 0) is 30.0 Å². The number of hydrogen-bond donors (Lipinski definition) is 0. The molecule has 0 N–H and O–H groups in total. The minimum atomic E-state index is -0.269. The van der Waals surface area contributed by atoms with E-state index in [2.05, 4.69) is 22.1 Å². The van der Waals surface area contributed by atoms with E-state index in [-0.39, 0.29) is 5.82 Å². The van der Waals surface area contributed by atoms with Gasteiger partial charge in [-0.2, -0.15) is 0 Å². The first-order valence-corrected chi connectivity index (χ1v) is 8.72. The molecule has 0 spiro atoms. The lowest BCUT2D eigenvalue weighted by molar-refractivity contribution is 0.627. The zero-order chi connectivity index (χ0) is 16.5. The molecule has 0 aliphatic carbocycles. The van der Waals surface area contributed by atoms with Gasteiger partial charge in [-0.15, -0.1) is 11.8 Å². The molecule has 2 aromatic carbocycles. The first-order chi connectivity index (χ1) is 11.8. The smallest absolute Gasteiger partial charge is 0.149 e. The summed E-state index contributed by atoms with van der Waals surface area (Å²) in [6, 6.07) is 16.6. The zero-order valence-corrected chi connectivity index (χ0v) is 13.8. The van der Waals surface area contributed by atoms with Crippen LogP contribution in [-0.2, 0) is 0 Å². The van der Waals surface area contributed by atoms with Gasteiger partial charge in [0.1, 0.15) is 22.8 Å². The summed E-state index contributed by atoms with van der Waals surface area (Å²) < 4.78 is 15.6. The van der Waals surface area contributed by atoms with E-state index in [1.165, 1.54) is 12.1 Å². The quantitative estimate of drug-likeness (QED) is 0.392. The van der Waals surface area contributed by atoms with Crippen LogP contribution in [0.4, 0.5) is 4.39 Å². The zero-order valence-electron chi connectivity index (χ0n) is 13.0. The molecule has 4 rings (SSSR count). The highest BCUT2D eigenvalue weighted by Crippen LogP contribution is 2.35. The Labute approximate surface area is 143 Å². The summed E-state index contributed by atoms with van der Waals surface area (Å²) >= 11 is 1.58. The molecule has 0 bridgehead atoms. The maximum Gasteiger partial charge on any atom is 0.149 e. The summed E-state index contributed by atoms with van der Waals surface area (Å²) in [7, 11) is 0. The summed E-state index contributed by atoms with van der Waals surface area (Å²) in [5, 5.41) is 1.90. The van der Waals surface area contributed by atoms with Gasteiger partial charge >= 0.3 is 0 Å². The number of thioether (sulfide) groups is 1. The highest BCUT2D eigenvalue weighted by atomic mass is 32.2. The lowest BCUT2D eigenvalue weighted by Crippen LogP contribution is -1.95. The van der Waals surface area contributed by atoms with Crippen molar-refractivity contribution in [2.45, 2.75) is 5.03 Å². The van der Waals surface area contributed by atoms with Gasteiger partial charge in [0.25, 0.3) is 0 Å². The normalized spacial score (nSPS) is 11.1. The predicted octanol–water partition coefficient (Wildman–Crippen LogP) is 4.95. The number of benzene rings is 2. The average Bonchev–Trinajstić information content (AvgIpc) is 3.02. The van der Waals surface area contributed by atoms with E-state index in [1.807, 2.05) is 41.3 Å². The van der Waals surface area contributed by atoms with Gasteiger partial charge in [-0.3, -0.25) is 0 Å². The van der Waals surface area contributed by atoms with Crippen molar-refractivity contribution in [1.82, 2.24) is 14.5 Å². The molecule has 2 aromatic heterocycles. The molecule has 0 amide bonds. The Kier molecular flexibility index (Phi) is 3.78. The average molecular weight is 335 g/mol. The van der Waals surface area contributed by atoms with Gasteiger partial charge in [0.05, 0.1) is 5.39 Å². The number of hydrogen-bond acceptors (Lipinski definition) is 3. The lowest BCUT2D eigenvalue weighted by Gasteiger charge is -2.05. The van der Waals surface area contributed by atoms with Gasteiger partial charge in [-0.1, -0.05) is 36.4 Å². The van der Waals surface area contributed by atoms with Crippen LogP contribution in [0.5, 0.6) is 0 Å². The fraction of sp³-hybridized carbons (Fsp3) is 0.0526. The van der Waals surface area contributed by atoms with Gasteiger partial charge in [0, 0.05) is 17.4 Å². The van der Waals surface area contributed by atoms with Crippen LogP contribution in [0.3, 0.4) is 0 Å². The number of nitrogens with zero attached hydrogens (tertiary/aromatic N) is 3. The molecule has 0 radical (unpaired) electrons. The van der Waals surface area contributed by atoms with Crippen LogP contribution in [0, 0.1) is 5.82 Å². The minimum Gasteiger partial charge on any atom is -0.300 e. The van der Waals surface area contributed by atoms with Crippen LogP contribution in [0.2, 0.25) is 0 Å². The van der Waals surface area contributed by atoms with Gasteiger partial charge in [-0.25, -0.2) is 14.4 Å². The van der Waals surface area contributed by atoms with Crippen LogP contribution in [0.1, 0.15) is 0 Å². The van der Waals surface area contributed by atoms with Gasteiger partial charge < -0.3 is 4.57 Å². The van der Waals surface area contributed by atoms with Crippen LogP contribution >= 0.6 is 11.8 Å². The molecule has 0 atom stereocenters. The highest BCUT2D eigenvalue weighted by Gasteiger charge is 2.16. The molecule has 0 aliphatic rings. The van der Waals surface area contributed by atoms with E-state index >= 15 is 0 Å². The Morgan fingerprint density at radius 3 is 2.58 bits per heavy atom. The standard InChI is InChI=1S/C19H14FN3S/c1-24-19-17-16(13-6-3-2-4-7-13)11-23(18(17)21-12-22-19)15-9-5-8-14(20)10-15/h2-12H,1H3. The topological polar surface area (TPSA) is 30.7 Å². The van der Waals surface area contributed by atoms with E-state index in [9.17, 15) is 4.39 Å². The molecule has 0 fully saturated rings. The molecule has 4 aromatic rings. The summed E-state index contributed by atoms with van der Waals surface area (Å²) in [5.41, 5.74) is 3.65. The molecule has 24 heavy (non-hydrogen) atoms. The largest absolute Gasteiger partial charge is 0.300 e. The third-order valence-electron chi connectivity index (χ3n) is 3.91. The molecular weight excluding hydrogens is 321 g/mol. The molecule has 118 valence electrons. The predicted molar refractivity (Wildman–Crippen MR) is 96.0 cm³/mol. The molecule has 0 unspecified atom stereocenters. The Morgan fingerprint density at radius 1 is 1.00 bits per heavy atom. The van der Waals surface area contributed by atoms with Crippen molar-refractivity contribution in [3.05, 3.63) is 72.9 Å². The molecule has 2 heterocycles. The van der Waals surface area contributed by atoms with Crippen LogP contribution in [0.25, 0.3) is 27.8 Å². The van der Waals surface area contributed by atoms with Crippen molar-refractivity contribution in [2.75, 3.05) is 6.26 Å². The Morgan fingerprint density at radius 2 is 1.83 bits per heavy atom. The first-order valence-electron chi connectivity index (χ1n) is 7.49. The van der Waals surface area contributed by atoms with Crippen molar-refractivity contribution in [1.29, 1.82) is 0 Å². The third kappa shape index (κ3) is 2.47.